The van der Waals surface area contributed by atoms with Gasteiger partial charge in [0, 0.05) is 44.7 Å². The molecule has 1 amide bonds. The standard InChI is InChI=1S/C21H28N4O3/c26-20(22-8-10-24-11-13-28-14-12-24)16-6-7-17-18(15-16)23-19-5-3-1-2-4-9-25(19)21(17)27/h6-7,15H,1-5,8-14H2,(H,22,26). The number of hydrogen-bond acceptors (Lipinski definition) is 5. The predicted octanol–water partition coefficient (Wildman–Crippen LogP) is 1.57. The Hall–Kier alpha value is -2.25. The zero-order valence-corrected chi connectivity index (χ0v) is 16.3. The quantitative estimate of drug-likeness (QED) is 0.866. The van der Waals surface area contributed by atoms with Crippen molar-refractivity contribution in [1.82, 2.24) is 19.8 Å². The molecule has 150 valence electrons. The molecule has 1 saturated heterocycles. The zero-order chi connectivity index (χ0) is 19.3. The minimum absolute atomic E-state index is 0.0150. The normalized spacial score (nSPS) is 18.3. The van der Waals surface area contributed by atoms with Gasteiger partial charge in [-0.25, -0.2) is 4.98 Å². The average Bonchev–Trinajstić information content (AvgIpc) is 2.70. The van der Waals surface area contributed by atoms with Crippen LogP contribution in [-0.2, 0) is 17.7 Å². The van der Waals surface area contributed by atoms with Gasteiger partial charge in [-0.3, -0.25) is 19.1 Å². The van der Waals surface area contributed by atoms with E-state index in [2.05, 4.69) is 10.2 Å². The van der Waals surface area contributed by atoms with Crippen molar-refractivity contribution >= 4 is 16.8 Å². The lowest BCUT2D eigenvalue weighted by Crippen LogP contribution is -2.41. The number of hydrogen-bond donors (Lipinski definition) is 1. The SMILES string of the molecule is O=C(NCCN1CCOCC1)c1ccc2c(=O)n3c(nc2c1)CCCCCC3. The van der Waals surface area contributed by atoms with Crippen LogP contribution in [0.5, 0.6) is 0 Å². The Kier molecular flexibility index (Phi) is 6.02. The first-order valence-electron chi connectivity index (χ1n) is 10.3. The van der Waals surface area contributed by atoms with Gasteiger partial charge in [0.25, 0.3) is 11.5 Å². The van der Waals surface area contributed by atoms with Crippen molar-refractivity contribution in [3.05, 3.63) is 39.9 Å². The molecule has 0 spiro atoms. The fourth-order valence-corrected chi connectivity index (χ4v) is 3.99. The Morgan fingerprint density at radius 2 is 1.93 bits per heavy atom. The number of carbonyl (C=O) groups is 1. The summed E-state index contributed by atoms with van der Waals surface area (Å²) in [7, 11) is 0. The molecule has 0 saturated carbocycles. The van der Waals surface area contributed by atoms with Crippen LogP contribution >= 0.6 is 0 Å². The maximum atomic E-state index is 12.9. The summed E-state index contributed by atoms with van der Waals surface area (Å²) < 4.78 is 7.16. The Balaban J connectivity index is 1.49. The number of ether oxygens (including phenoxy) is 1. The highest BCUT2D eigenvalue weighted by Crippen LogP contribution is 2.16. The van der Waals surface area contributed by atoms with Gasteiger partial charge >= 0.3 is 0 Å². The fourth-order valence-electron chi connectivity index (χ4n) is 3.99. The van der Waals surface area contributed by atoms with Gasteiger partial charge < -0.3 is 10.1 Å². The zero-order valence-electron chi connectivity index (χ0n) is 16.3. The molecule has 0 bridgehead atoms. The van der Waals surface area contributed by atoms with Crippen LogP contribution in [0.3, 0.4) is 0 Å². The third-order valence-electron chi connectivity index (χ3n) is 5.65. The molecule has 0 aliphatic carbocycles. The van der Waals surface area contributed by atoms with E-state index in [0.29, 0.717) is 23.0 Å². The van der Waals surface area contributed by atoms with Crippen molar-refractivity contribution in [2.75, 3.05) is 39.4 Å². The van der Waals surface area contributed by atoms with Gasteiger partial charge in [0.2, 0.25) is 0 Å². The lowest BCUT2D eigenvalue weighted by atomic mass is 10.1. The first-order chi connectivity index (χ1) is 13.7. The molecular formula is C21H28N4O3. The Labute approximate surface area is 164 Å². The number of nitrogens with zero attached hydrogens (tertiary/aromatic N) is 3. The molecule has 4 rings (SSSR count). The van der Waals surface area contributed by atoms with Gasteiger partial charge in [-0.1, -0.05) is 12.8 Å². The number of morpholine rings is 1. The molecule has 0 unspecified atom stereocenters. The molecule has 2 aliphatic rings. The van der Waals surface area contributed by atoms with Crippen molar-refractivity contribution in [1.29, 1.82) is 0 Å². The highest BCUT2D eigenvalue weighted by molar-refractivity contribution is 5.97. The smallest absolute Gasteiger partial charge is 0.261 e. The van der Waals surface area contributed by atoms with Crippen LogP contribution in [0.1, 0.15) is 41.9 Å². The van der Waals surface area contributed by atoms with E-state index in [0.717, 1.165) is 70.9 Å². The monoisotopic (exact) mass is 384 g/mol. The summed E-state index contributed by atoms with van der Waals surface area (Å²) in [5, 5.41) is 3.57. The van der Waals surface area contributed by atoms with E-state index in [1.54, 1.807) is 18.2 Å². The van der Waals surface area contributed by atoms with Gasteiger partial charge in [0.15, 0.2) is 0 Å². The molecular weight excluding hydrogens is 356 g/mol. The number of nitrogens with one attached hydrogen (secondary N) is 1. The highest BCUT2D eigenvalue weighted by Gasteiger charge is 2.15. The number of aryl methyl sites for hydroxylation is 1. The van der Waals surface area contributed by atoms with Crippen LogP contribution < -0.4 is 10.9 Å². The first kappa shape index (κ1) is 19.1. The minimum atomic E-state index is -0.121. The second-order valence-corrected chi connectivity index (χ2v) is 7.59. The van der Waals surface area contributed by atoms with E-state index in [9.17, 15) is 9.59 Å². The van der Waals surface area contributed by atoms with E-state index >= 15 is 0 Å². The van der Waals surface area contributed by atoms with Crippen molar-refractivity contribution in [2.45, 2.75) is 38.6 Å². The molecule has 3 heterocycles. The van der Waals surface area contributed by atoms with E-state index < -0.39 is 0 Å². The van der Waals surface area contributed by atoms with Crippen LogP contribution in [0, 0.1) is 0 Å². The van der Waals surface area contributed by atoms with E-state index in [1.165, 1.54) is 6.42 Å². The Morgan fingerprint density at radius 3 is 2.79 bits per heavy atom. The predicted molar refractivity (Wildman–Crippen MR) is 108 cm³/mol. The average molecular weight is 384 g/mol. The summed E-state index contributed by atoms with van der Waals surface area (Å²) in [5.74, 6) is 0.728. The van der Waals surface area contributed by atoms with Crippen molar-refractivity contribution < 1.29 is 9.53 Å². The summed E-state index contributed by atoms with van der Waals surface area (Å²) in [6.07, 6.45) is 5.23. The second kappa shape index (κ2) is 8.84. The summed E-state index contributed by atoms with van der Waals surface area (Å²) in [5.41, 5.74) is 1.19. The van der Waals surface area contributed by atoms with Crippen LogP contribution in [0.15, 0.2) is 23.0 Å². The molecule has 1 N–H and O–H groups in total. The van der Waals surface area contributed by atoms with E-state index in [4.69, 9.17) is 9.72 Å². The summed E-state index contributed by atoms with van der Waals surface area (Å²) >= 11 is 0. The molecule has 28 heavy (non-hydrogen) atoms. The number of aromatic nitrogens is 2. The largest absolute Gasteiger partial charge is 0.379 e. The molecule has 7 heteroatoms. The maximum absolute atomic E-state index is 12.9. The van der Waals surface area contributed by atoms with Crippen LogP contribution in [0.4, 0.5) is 0 Å². The molecule has 1 fully saturated rings. The summed E-state index contributed by atoms with van der Waals surface area (Å²) in [4.78, 5) is 32.4. The third kappa shape index (κ3) is 4.25. The lowest BCUT2D eigenvalue weighted by molar-refractivity contribution is 0.0383. The van der Waals surface area contributed by atoms with Crippen molar-refractivity contribution in [3.8, 4) is 0 Å². The Bertz CT molecular complexity index is 902. The van der Waals surface area contributed by atoms with Gasteiger partial charge in [0.05, 0.1) is 24.1 Å². The van der Waals surface area contributed by atoms with Crippen LogP contribution in [-0.4, -0.2) is 59.8 Å². The maximum Gasteiger partial charge on any atom is 0.261 e. The van der Waals surface area contributed by atoms with Crippen molar-refractivity contribution in [2.24, 2.45) is 0 Å². The highest BCUT2D eigenvalue weighted by atomic mass is 16.5. The molecule has 0 atom stereocenters. The number of amides is 1. The van der Waals surface area contributed by atoms with Crippen molar-refractivity contribution in [3.63, 3.8) is 0 Å². The molecule has 2 aliphatic heterocycles. The second-order valence-electron chi connectivity index (χ2n) is 7.59. The minimum Gasteiger partial charge on any atom is -0.379 e. The van der Waals surface area contributed by atoms with E-state index in [-0.39, 0.29) is 11.5 Å². The fraction of sp³-hybridized carbons (Fsp3) is 0.571. The van der Waals surface area contributed by atoms with Gasteiger partial charge in [-0.2, -0.15) is 0 Å². The molecule has 1 aromatic carbocycles. The number of benzene rings is 1. The summed E-state index contributed by atoms with van der Waals surface area (Å²) in [6.45, 7) is 5.47. The van der Waals surface area contributed by atoms with Gasteiger partial charge in [-0.15, -0.1) is 0 Å². The number of carbonyl (C=O) groups excluding carboxylic acids is 1. The molecule has 1 aromatic heterocycles. The van der Waals surface area contributed by atoms with Crippen LogP contribution in [0.25, 0.3) is 10.9 Å². The van der Waals surface area contributed by atoms with Gasteiger partial charge in [0.1, 0.15) is 5.82 Å². The third-order valence-corrected chi connectivity index (χ3v) is 5.65. The molecule has 0 radical (unpaired) electrons. The number of fused-ring (bicyclic) bond motifs is 2. The van der Waals surface area contributed by atoms with Gasteiger partial charge in [-0.05, 0) is 31.0 Å². The molecule has 2 aromatic rings. The van der Waals surface area contributed by atoms with E-state index in [1.807, 2.05) is 4.57 Å². The number of rotatable bonds is 4. The Morgan fingerprint density at radius 1 is 1.11 bits per heavy atom. The molecule has 7 nitrogen and oxygen atoms in total. The van der Waals surface area contributed by atoms with Crippen LogP contribution in [0.2, 0.25) is 0 Å². The first-order valence-corrected chi connectivity index (χ1v) is 10.3. The summed E-state index contributed by atoms with van der Waals surface area (Å²) in [6, 6.07) is 5.22. The lowest BCUT2D eigenvalue weighted by Gasteiger charge is -2.26. The topological polar surface area (TPSA) is 76.5 Å².